The number of nitro benzene ring substituents is 1. The van der Waals surface area contributed by atoms with Crippen LogP contribution in [0.25, 0.3) is 0 Å². The second-order valence-electron chi connectivity index (χ2n) is 5.44. The van der Waals surface area contributed by atoms with Gasteiger partial charge in [-0.1, -0.05) is 12.1 Å². The Labute approximate surface area is 157 Å². The molecule has 0 aliphatic carbocycles. The van der Waals surface area contributed by atoms with Gasteiger partial charge in [-0.05, 0) is 25.1 Å². The first-order valence-electron chi connectivity index (χ1n) is 7.78. The highest BCUT2D eigenvalue weighted by molar-refractivity contribution is 6.00. The largest absolute Gasteiger partial charge is 0.449 e. The standard InChI is InChI=1S/C17H15F2N3O6/c1-9(15(23)21-13-4-2-3-5-14(13)28-17(18)19)27-16(24)11-8-10(22(25)26)6-7-12(11)20/h2-9,17H,20H2,1H3,(H,21,23)/t9-/m0/s1. The Balaban J connectivity index is 2.10. The fourth-order valence-electron chi connectivity index (χ4n) is 2.12. The highest BCUT2D eigenvalue weighted by Crippen LogP contribution is 2.26. The fraction of sp³-hybridized carbons (Fsp3) is 0.176. The van der Waals surface area contributed by atoms with Gasteiger partial charge in [0.1, 0.15) is 5.75 Å². The molecule has 9 nitrogen and oxygen atoms in total. The summed E-state index contributed by atoms with van der Waals surface area (Å²) in [5, 5.41) is 13.1. The molecule has 28 heavy (non-hydrogen) atoms. The molecule has 0 radical (unpaired) electrons. The molecule has 148 valence electrons. The van der Waals surface area contributed by atoms with E-state index in [9.17, 15) is 28.5 Å². The van der Waals surface area contributed by atoms with Gasteiger partial charge in [-0.3, -0.25) is 14.9 Å². The van der Waals surface area contributed by atoms with E-state index in [0.717, 1.165) is 18.2 Å². The Morgan fingerprint density at radius 1 is 1.21 bits per heavy atom. The molecule has 0 saturated carbocycles. The minimum atomic E-state index is -3.09. The quantitative estimate of drug-likeness (QED) is 0.319. The number of nitrogens with one attached hydrogen (secondary N) is 1. The number of ether oxygens (including phenoxy) is 2. The Bertz CT molecular complexity index is 906. The van der Waals surface area contributed by atoms with E-state index in [2.05, 4.69) is 10.1 Å². The normalized spacial score (nSPS) is 11.6. The van der Waals surface area contributed by atoms with Crippen molar-refractivity contribution in [3.05, 3.63) is 58.1 Å². The van der Waals surface area contributed by atoms with Crippen LogP contribution in [0, 0.1) is 10.1 Å². The first kappa shape index (κ1) is 20.6. The van der Waals surface area contributed by atoms with E-state index in [-0.39, 0.29) is 28.4 Å². The Hall–Kier alpha value is -3.76. The van der Waals surface area contributed by atoms with Gasteiger partial charge in [-0.25, -0.2) is 4.79 Å². The van der Waals surface area contributed by atoms with Crippen LogP contribution in [-0.4, -0.2) is 29.5 Å². The van der Waals surface area contributed by atoms with Crippen molar-refractivity contribution in [1.29, 1.82) is 0 Å². The first-order valence-corrected chi connectivity index (χ1v) is 7.78. The molecule has 0 bridgehead atoms. The summed E-state index contributed by atoms with van der Waals surface area (Å²) < 4.78 is 34.1. The minimum absolute atomic E-state index is 0.0504. The number of amides is 1. The minimum Gasteiger partial charge on any atom is -0.449 e. The fourth-order valence-corrected chi connectivity index (χ4v) is 2.12. The molecule has 0 fully saturated rings. The molecule has 2 rings (SSSR count). The van der Waals surface area contributed by atoms with E-state index in [0.29, 0.717) is 0 Å². The molecule has 11 heteroatoms. The monoisotopic (exact) mass is 395 g/mol. The number of alkyl halides is 2. The van der Waals surface area contributed by atoms with Gasteiger partial charge in [0.25, 0.3) is 11.6 Å². The van der Waals surface area contributed by atoms with Gasteiger partial charge >= 0.3 is 12.6 Å². The molecule has 0 aromatic heterocycles. The number of esters is 1. The molecule has 0 heterocycles. The van der Waals surface area contributed by atoms with Crippen LogP contribution in [0.2, 0.25) is 0 Å². The number of halogens is 2. The van der Waals surface area contributed by atoms with Crippen molar-refractivity contribution in [2.24, 2.45) is 0 Å². The van der Waals surface area contributed by atoms with Gasteiger partial charge in [0, 0.05) is 17.8 Å². The number of benzene rings is 2. The maximum atomic E-state index is 12.4. The van der Waals surface area contributed by atoms with Crippen LogP contribution in [0.15, 0.2) is 42.5 Å². The molecule has 0 unspecified atom stereocenters. The summed E-state index contributed by atoms with van der Waals surface area (Å²) in [4.78, 5) is 34.5. The number of non-ortho nitro benzene ring substituents is 1. The zero-order valence-corrected chi connectivity index (χ0v) is 14.4. The second kappa shape index (κ2) is 8.75. The van der Waals surface area contributed by atoms with Gasteiger partial charge < -0.3 is 20.5 Å². The van der Waals surface area contributed by atoms with Crippen LogP contribution in [0.3, 0.4) is 0 Å². The molecule has 0 spiro atoms. The average Bonchev–Trinajstić information content (AvgIpc) is 2.62. The summed E-state index contributed by atoms with van der Waals surface area (Å²) in [6, 6.07) is 8.66. The molecular weight excluding hydrogens is 380 g/mol. The number of nitrogens with zero attached hydrogens (tertiary/aromatic N) is 1. The van der Waals surface area contributed by atoms with Crippen LogP contribution in [-0.2, 0) is 9.53 Å². The third kappa shape index (κ3) is 5.13. The highest BCUT2D eigenvalue weighted by atomic mass is 19.3. The van der Waals surface area contributed by atoms with Gasteiger partial charge in [0.05, 0.1) is 16.2 Å². The number of nitrogens with two attached hydrogens (primary N) is 1. The molecule has 1 amide bonds. The van der Waals surface area contributed by atoms with E-state index in [1.807, 2.05) is 0 Å². The molecule has 3 N–H and O–H groups in total. The molecule has 0 saturated heterocycles. The van der Waals surface area contributed by atoms with Crippen molar-refractivity contribution in [2.45, 2.75) is 19.6 Å². The van der Waals surface area contributed by atoms with E-state index in [1.54, 1.807) is 0 Å². The van der Waals surface area contributed by atoms with E-state index in [4.69, 9.17) is 10.5 Å². The van der Waals surface area contributed by atoms with Gasteiger partial charge in [-0.2, -0.15) is 8.78 Å². The third-order valence-corrected chi connectivity index (χ3v) is 3.48. The SMILES string of the molecule is C[C@H](OC(=O)c1cc([N+](=O)[O-])ccc1N)C(=O)Nc1ccccc1OC(F)F. The number of para-hydroxylation sites is 2. The lowest BCUT2D eigenvalue weighted by molar-refractivity contribution is -0.384. The molecule has 2 aromatic rings. The number of hydrogen-bond acceptors (Lipinski definition) is 7. The molecule has 0 aliphatic rings. The Morgan fingerprint density at radius 3 is 2.54 bits per heavy atom. The number of carbonyl (C=O) groups is 2. The molecule has 1 atom stereocenters. The van der Waals surface area contributed by atoms with E-state index in [1.165, 1.54) is 31.2 Å². The maximum Gasteiger partial charge on any atom is 0.387 e. The molecular formula is C17H15F2N3O6. The summed E-state index contributed by atoms with van der Waals surface area (Å²) >= 11 is 0. The van der Waals surface area contributed by atoms with Gasteiger partial charge in [0.2, 0.25) is 0 Å². The summed E-state index contributed by atoms with van der Waals surface area (Å²) in [7, 11) is 0. The Kier molecular flexibility index (Phi) is 6.42. The lowest BCUT2D eigenvalue weighted by atomic mass is 10.1. The highest BCUT2D eigenvalue weighted by Gasteiger charge is 2.23. The third-order valence-electron chi connectivity index (χ3n) is 3.48. The predicted octanol–water partition coefficient (Wildman–Crippen LogP) is 2.96. The number of carbonyl (C=O) groups excluding carboxylic acids is 2. The number of nitro groups is 1. The van der Waals surface area contributed by atoms with Crippen molar-refractivity contribution < 1.29 is 32.8 Å². The van der Waals surface area contributed by atoms with Gasteiger partial charge in [0.15, 0.2) is 6.10 Å². The smallest absolute Gasteiger partial charge is 0.387 e. The summed E-state index contributed by atoms with van der Waals surface area (Å²) in [6.07, 6.45) is -1.36. The van der Waals surface area contributed by atoms with Crippen LogP contribution in [0.1, 0.15) is 17.3 Å². The number of anilines is 2. The van der Waals surface area contributed by atoms with Crippen LogP contribution >= 0.6 is 0 Å². The zero-order valence-electron chi connectivity index (χ0n) is 14.4. The van der Waals surface area contributed by atoms with Crippen molar-refractivity contribution in [1.82, 2.24) is 0 Å². The van der Waals surface area contributed by atoms with Crippen molar-refractivity contribution in [3.8, 4) is 5.75 Å². The lowest BCUT2D eigenvalue weighted by Gasteiger charge is -2.16. The maximum absolute atomic E-state index is 12.4. The summed E-state index contributed by atoms with van der Waals surface area (Å²) in [6.45, 7) is -1.86. The lowest BCUT2D eigenvalue weighted by Crippen LogP contribution is -2.30. The van der Waals surface area contributed by atoms with Crippen LogP contribution in [0.5, 0.6) is 5.75 Å². The first-order chi connectivity index (χ1) is 13.2. The number of hydrogen-bond donors (Lipinski definition) is 2. The van der Waals surface area contributed by atoms with Crippen molar-refractivity contribution >= 4 is 28.9 Å². The van der Waals surface area contributed by atoms with Crippen LogP contribution in [0.4, 0.5) is 25.8 Å². The van der Waals surface area contributed by atoms with E-state index < -0.39 is 29.5 Å². The van der Waals surface area contributed by atoms with E-state index >= 15 is 0 Å². The number of rotatable bonds is 7. The number of nitrogen functional groups attached to an aromatic ring is 1. The van der Waals surface area contributed by atoms with Crippen LogP contribution < -0.4 is 15.8 Å². The predicted molar refractivity (Wildman–Crippen MR) is 94.1 cm³/mol. The summed E-state index contributed by atoms with van der Waals surface area (Å²) in [5.41, 5.74) is 4.84. The van der Waals surface area contributed by atoms with Crippen molar-refractivity contribution in [3.63, 3.8) is 0 Å². The summed E-state index contributed by atoms with van der Waals surface area (Å²) in [5.74, 6) is -2.16. The molecule has 2 aromatic carbocycles. The molecule has 0 aliphatic heterocycles. The Morgan fingerprint density at radius 2 is 1.89 bits per heavy atom. The van der Waals surface area contributed by atoms with Crippen molar-refractivity contribution in [2.75, 3.05) is 11.1 Å². The zero-order chi connectivity index (χ0) is 20.8. The topological polar surface area (TPSA) is 134 Å². The second-order valence-corrected chi connectivity index (χ2v) is 5.44. The van der Waals surface area contributed by atoms with Gasteiger partial charge in [-0.15, -0.1) is 0 Å². The average molecular weight is 395 g/mol.